The molecule has 166 valence electrons. The maximum absolute atomic E-state index is 12.8. The topological polar surface area (TPSA) is 77.5 Å². The van der Waals surface area contributed by atoms with Crippen molar-refractivity contribution in [3.05, 3.63) is 71.2 Å². The fourth-order valence-corrected chi connectivity index (χ4v) is 5.59. The predicted octanol–water partition coefficient (Wildman–Crippen LogP) is 4.81. The number of ether oxygens (including phenoxy) is 2. The van der Waals surface area contributed by atoms with Crippen LogP contribution in [-0.4, -0.2) is 34.2 Å². The third-order valence-corrected chi connectivity index (χ3v) is 7.92. The number of hydrogen-bond acceptors (Lipinski definition) is 6. The summed E-state index contributed by atoms with van der Waals surface area (Å²) in [6.45, 7) is 2.23. The average Bonchev–Trinajstić information content (AvgIpc) is 3.18. The molecule has 32 heavy (non-hydrogen) atoms. The SMILES string of the molecule is COc1ccc(-c2nc(C)c(CCNS(=O)(=O)c3ccc4ccccc4c3)s2)cc1OC. The van der Waals surface area contributed by atoms with E-state index < -0.39 is 10.0 Å². The molecule has 0 spiro atoms. The van der Waals surface area contributed by atoms with Gasteiger partial charge in [-0.3, -0.25) is 0 Å². The summed E-state index contributed by atoms with van der Waals surface area (Å²) in [5.41, 5.74) is 1.82. The molecule has 0 amide bonds. The summed E-state index contributed by atoms with van der Waals surface area (Å²) in [5, 5.41) is 2.76. The molecule has 0 aliphatic carbocycles. The number of rotatable bonds is 8. The average molecular weight is 469 g/mol. The Hall–Kier alpha value is -2.94. The van der Waals surface area contributed by atoms with Crippen molar-refractivity contribution in [2.24, 2.45) is 0 Å². The summed E-state index contributed by atoms with van der Waals surface area (Å²) in [5.74, 6) is 1.30. The Morgan fingerprint density at radius 1 is 0.938 bits per heavy atom. The summed E-state index contributed by atoms with van der Waals surface area (Å²) in [7, 11) is -0.395. The molecule has 0 aliphatic heterocycles. The fraction of sp³-hybridized carbons (Fsp3) is 0.208. The van der Waals surface area contributed by atoms with Crippen molar-refractivity contribution >= 4 is 32.1 Å². The van der Waals surface area contributed by atoms with Crippen molar-refractivity contribution < 1.29 is 17.9 Å². The zero-order chi connectivity index (χ0) is 22.7. The summed E-state index contributed by atoms with van der Waals surface area (Å²) in [4.78, 5) is 5.97. The third kappa shape index (κ3) is 4.62. The van der Waals surface area contributed by atoms with Crippen LogP contribution in [0.3, 0.4) is 0 Å². The first-order chi connectivity index (χ1) is 15.4. The van der Waals surface area contributed by atoms with Gasteiger partial charge in [0.05, 0.1) is 24.8 Å². The molecule has 0 saturated carbocycles. The number of aromatic nitrogens is 1. The van der Waals surface area contributed by atoms with Crippen LogP contribution in [0.4, 0.5) is 0 Å². The fourth-order valence-electron chi connectivity index (χ4n) is 3.47. The number of nitrogens with one attached hydrogen (secondary N) is 1. The van der Waals surface area contributed by atoms with Crippen molar-refractivity contribution in [1.29, 1.82) is 0 Å². The van der Waals surface area contributed by atoms with E-state index in [-0.39, 0.29) is 4.90 Å². The van der Waals surface area contributed by atoms with E-state index in [1.165, 1.54) is 0 Å². The molecular weight excluding hydrogens is 444 g/mol. The third-order valence-electron chi connectivity index (χ3n) is 5.20. The van der Waals surface area contributed by atoms with Gasteiger partial charge in [-0.2, -0.15) is 0 Å². The Labute approximate surface area is 191 Å². The van der Waals surface area contributed by atoms with Gasteiger partial charge in [0.15, 0.2) is 11.5 Å². The van der Waals surface area contributed by atoms with Gasteiger partial charge in [-0.05, 0) is 54.4 Å². The molecule has 1 aromatic heterocycles. The van der Waals surface area contributed by atoms with Crippen molar-refractivity contribution in [1.82, 2.24) is 9.71 Å². The highest BCUT2D eigenvalue weighted by Gasteiger charge is 2.16. The molecule has 0 bridgehead atoms. The number of aryl methyl sites for hydroxylation is 1. The Bertz CT molecular complexity index is 1360. The van der Waals surface area contributed by atoms with Gasteiger partial charge in [0.1, 0.15) is 5.01 Å². The van der Waals surface area contributed by atoms with Crippen LogP contribution in [0.1, 0.15) is 10.6 Å². The Morgan fingerprint density at radius 3 is 2.44 bits per heavy atom. The van der Waals surface area contributed by atoms with Crippen molar-refractivity contribution in [2.75, 3.05) is 20.8 Å². The molecule has 0 aliphatic rings. The smallest absolute Gasteiger partial charge is 0.240 e. The van der Waals surface area contributed by atoms with Gasteiger partial charge in [-0.15, -0.1) is 11.3 Å². The molecule has 0 saturated heterocycles. The molecule has 0 atom stereocenters. The summed E-state index contributed by atoms with van der Waals surface area (Å²) < 4.78 is 38.9. The van der Waals surface area contributed by atoms with E-state index in [0.717, 1.165) is 31.9 Å². The summed E-state index contributed by atoms with van der Waals surface area (Å²) in [6, 6.07) is 18.5. The maximum Gasteiger partial charge on any atom is 0.240 e. The van der Waals surface area contributed by atoms with Crippen LogP contribution in [0, 0.1) is 6.92 Å². The van der Waals surface area contributed by atoms with Crippen LogP contribution in [0.5, 0.6) is 11.5 Å². The van der Waals surface area contributed by atoms with Gasteiger partial charge < -0.3 is 9.47 Å². The van der Waals surface area contributed by atoms with Crippen LogP contribution in [0.2, 0.25) is 0 Å². The summed E-state index contributed by atoms with van der Waals surface area (Å²) >= 11 is 1.55. The van der Waals surface area contributed by atoms with Crippen molar-refractivity contribution in [3.63, 3.8) is 0 Å². The zero-order valence-electron chi connectivity index (χ0n) is 18.1. The van der Waals surface area contributed by atoms with Crippen LogP contribution in [0.25, 0.3) is 21.3 Å². The lowest BCUT2D eigenvalue weighted by molar-refractivity contribution is 0.355. The van der Waals surface area contributed by atoms with Gasteiger partial charge in [0.2, 0.25) is 10.0 Å². The second-order valence-electron chi connectivity index (χ2n) is 7.25. The summed E-state index contributed by atoms with van der Waals surface area (Å²) in [6.07, 6.45) is 0.559. The number of fused-ring (bicyclic) bond motifs is 1. The van der Waals surface area contributed by atoms with Gasteiger partial charge in [0.25, 0.3) is 0 Å². The van der Waals surface area contributed by atoms with E-state index in [1.54, 1.807) is 37.7 Å². The highest BCUT2D eigenvalue weighted by molar-refractivity contribution is 7.89. The van der Waals surface area contributed by atoms with Crippen molar-refractivity contribution in [2.45, 2.75) is 18.2 Å². The molecule has 1 heterocycles. The minimum Gasteiger partial charge on any atom is -0.493 e. The van der Waals surface area contributed by atoms with Crippen molar-refractivity contribution in [3.8, 4) is 22.1 Å². The van der Waals surface area contributed by atoms with Crippen LogP contribution >= 0.6 is 11.3 Å². The molecule has 4 aromatic rings. The predicted molar refractivity (Wildman–Crippen MR) is 128 cm³/mol. The quantitative estimate of drug-likeness (QED) is 0.402. The number of hydrogen-bond donors (Lipinski definition) is 1. The molecule has 0 unspecified atom stereocenters. The first kappa shape index (κ1) is 22.3. The monoisotopic (exact) mass is 468 g/mol. The maximum atomic E-state index is 12.8. The van der Waals surface area contributed by atoms with E-state index in [1.807, 2.05) is 55.5 Å². The highest BCUT2D eigenvalue weighted by atomic mass is 32.2. The second kappa shape index (κ2) is 9.28. The van der Waals surface area contributed by atoms with Crippen LogP contribution in [0.15, 0.2) is 65.6 Å². The minimum absolute atomic E-state index is 0.267. The number of benzene rings is 3. The molecular formula is C24H24N2O4S2. The van der Waals surface area contributed by atoms with Crippen LogP contribution in [-0.2, 0) is 16.4 Å². The second-order valence-corrected chi connectivity index (χ2v) is 10.1. The molecule has 4 rings (SSSR count). The molecule has 0 fully saturated rings. The van der Waals surface area contributed by atoms with Gasteiger partial charge >= 0.3 is 0 Å². The van der Waals surface area contributed by atoms with E-state index in [2.05, 4.69) is 9.71 Å². The van der Waals surface area contributed by atoms with E-state index in [9.17, 15) is 8.42 Å². The zero-order valence-corrected chi connectivity index (χ0v) is 19.7. The Balaban J connectivity index is 1.47. The molecule has 3 aromatic carbocycles. The highest BCUT2D eigenvalue weighted by Crippen LogP contribution is 2.35. The minimum atomic E-state index is -3.59. The molecule has 1 N–H and O–H groups in total. The lowest BCUT2D eigenvalue weighted by Crippen LogP contribution is -2.25. The van der Waals surface area contributed by atoms with E-state index >= 15 is 0 Å². The van der Waals surface area contributed by atoms with Gasteiger partial charge in [0, 0.05) is 17.0 Å². The van der Waals surface area contributed by atoms with E-state index in [0.29, 0.717) is 24.5 Å². The molecule has 8 heteroatoms. The lowest BCUT2D eigenvalue weighted by Gasteiger charge is -2.08. The first-order valence-electron chi connectivity index (χ1n) is 10.1. The number of nitrogens with zero attached hydrogens (tertiary/aromatic N) is 1. The standard InChI is InChI=1S/C24H24N2O4S2/c1-16-23(31-24(26-16)19-9-11-21(29-2)22(15-19)30-3)12-13-25-32(27,28)20-10-8-17-6-4-5-7-18(17)14-20/h4-11,14-15,25H,12-13H2,1-3H3. The van der Waals surface area contributed by atoms with Gasteiger partial charge in [-0.1, -0.05) is 30.3 Å². The Morgan fingerprint density at radius 2 is 1.69 bits per heavy atom. The number of methoxy groups -OCH3 is 2. The van der Waals surface area contributed by atoms with Gasteiger partial charge in [-0.25, -0.2) is 18.1 Å². The largest absolute Gasteiger partial charge is 0.493 e. The molecule has 6 nitrogen and oxygen atoms in total. The number of sulfonamides is 1. The number of thiazole rings is 1. The lowest BCUT2D eigenvalue weighted by atomic mass is 10.1. The Kier molecular flexibility index (Phi) is 6.45. The first-order valence-corrected chi connectivity index (χ1v) is 12.4. The van der Waals surface area contributed by atoms with E-state index in [4.69, 9.17) is 9.47 Å². The molecule has 0 radical (unpaired) electrons. The normalized spacial score (nSPS) is 11.6. The van der Waals surface area contributed by atoms with Crippen LogP contribution < -0.4 is 14.2 Å².